The summed E-state index contributed by atoms with van der Waals surface area (Å²) in [6.45, 7) is 1.22. The molecule has 0 bridgehead atoms. The van der Waals surface area contributed by atoms with Crippen molar-refractivity contribution in [2.24, 2.45) is 0 Å². The van der Waals surface area contributed by atoms with Gasteiger partial charge in [0.15, 0.2) is 0 Å². The van der Waals surface area contributed by atoms with Crippen LogP contribution < -0.4 is 5.32 Å². The second-order valence-corrected chi connectivity index (χ2v) is 6.65. The molecule has 0 radical (unpaired) electrons. The third-order valence-electron chi connectivity index (χ3n) is 4.62. The molecule has 6 heteroatoms. The first-order chi connectivity index (χ1) is 13.0. The lowest BCUT2D eigenvalue weighted by molar-refractivity contribution is -0.137. The molecule has 2 amide bonds. The van der Waals surface area contributed by atoms with Gasteiger partial charge in [0.25, 0.3) is 5.91 Å². The number of carbonyl (C=O) groups excluding carboxylic acids is 2. The lowest BCUT2D eigenvalue weighted by Crippen LogP contribution is -2.30. The lowest BCUT2D eigenvalue weighted by Gasteiger charge is -2.19. The van der Waals surface area contributed by atoms with Gasteiger partial charge in [-0.05, 0) is 29.7 Å². The van der Waals surface area contributed by atoms with E-state index in [0.29, 0.717) is 18.5 Å². The van der Waals surface area contributed by atoms with Crippen molar-refractivity contribution in [3.63, 3.8) is 0 Å². The minimum absolute atomic E-state index is 0.135. The van der Waals surface area contributed by atoms with Gasteiger partial charge in [0.1, 0.15) is 0 Å². The molecule has 2 aromatic carbocycles. The first-order valence-electron chi connectivity index (χ1n) is 8.97. The summed E-state index contributed by atoms with van der Waals surface area (Å²) in [5.74, 6) is -1.18. The summed E-state index contributed by atoms with van der Waals surface area (Å²) in [6, 6.07) is 15.5. The molecular weight excluding hydrogens is 344 g/mol. The number of likely N-dealkylation sites (tertiary alicyclic amines) is 1. The van der Waals surface area contributed by atoms with E-state index in [-0.39, 0.29) is 18.2 Å². The van der Waals surface area contributed by atoms with Crippen LogP contribution in [-0.4, -0.2) is 34.3 Å². The fourth-order valence-electron chi connectivity index (χ4n) is 3.26. The molecule has 0 aromatic heterocycles. The van der Waals surface area contributed by atoms with Crippen molar-refractivity contribution in [2.45, 2.75) is 31.8 Å². The lowest BCUT2D eigenvalue weighted by atomic mass is 10.0. The average Bonchev–Trinajstić information content (AvgIpc) is 3.06. The highest BCUT2D eigenvalue weighted by Crippen LogP contribution is 2.19. The van der Waals surface area contributed by atoms with E-state index < -0.39 is 12.0 Å². The fraction of sp³-hybridized carbons (Fsp3) is 0.286. The van der Waals surface area contributed by atoms with E-state index in [1.807, 2.05) is 24.3 Å². The number of hydrogen-bond donors (Lipinski definition) is 2. The maximum absolute atomic E-state index is 12.7. The minimum Gasteiger partial charge on any atom is -0.481 e. The van der Waals surface area contributed by atoms with Gasteiger partial charge in [0.05, 0.1) is 12.5 Å². The van der Waals surface area contributed by atoms with Gasteiger partial charge in [-0.3, -0.25) is 14.4 Å². The highest BCUT2D eigenvalue weighted by Gasteiger charge is 2.21. The van der Waals surface area contributed by atoms with Crippen molar-refractivity contribution >= 4 is 17.8 Å². The zero-order valence-corrected chi connectivity index (χ0v) is 14.9. The third kappa shape index (κ3) is 4.94. The van der Waals surface area contributed by atoms with Crippen LogP contribution in [0, 0.1) is 0 Å². The van der Waals surface area contributed by atoms with Crippen LogP contribution in [0.1, 0.15) is 46.8 Å². The third-order valence-corrected chi connectivity index (χ3v) is 4.62. The zero-order valence-electron chi connectivity index (χ0n) is 14.9. The van der Waals surface area contributed by atoms with E-state index in [0.717, 1.165) is 24.1 Å². The Morgan fingerprint density at radius 1 is 1.11 bits per heavy atom. The number of aliphatic carboxylic acids is 1. The SMILES string of the molecule is O=C(O)C[C@@H](NC(=O)c1cccc(CN2CCCC2=O)c1)c1ccccc1. The molecule has 0 unspecified atom stereocenters. The van der Waals surface area contributed by atoms with Gasteiger partial charge in [0.2, 0.25) is 5.91 Å². The molecule has 1 heterocycles. The number of carboxylic acid groups (broad SMARTS) is 1. The molecule has 1 saturated heterocycles. The van der Waals surface area contributed by atoms with Gasteiger partial charge >= 0.3 is 5.97 Å². The van der Waals surface area contributed by atoms with Crippen molar-refractivity contribution in [1.82, 2.24) is 10.2 Å². The first kappa shape index (κ1) is 18.6. The van der Waals surface area contributed by atoms with E-state index in [9.17, 15) is 14.4 Å². The Bertz CT molecular complexity index is 835. The average molecular weight is 366 g/mol. The van der Waals surface area contributed by atoms with Crippen LogP contribution in [0.4, 0.5) is 0 Å². The highest BCUT2D eigenvalue weighted by molar-refractivity contribution is 5.95. The molecule has 1 fully saturated rings. The number of benzene rings is 2. The number of amides is 2. The fourth-order valence-corrected chi connectivity index (χ4v) is 3.26. The molecule has 1 aliphatic rings. The molecule has 0 spiro atoms. The molecular formula is C21H22N2O4. The zero-order chi connectivity index (χ0) is 19.2. The highest BCUT2D eigenvalue weighted by atomic mass is 16.4. The summed E-state index contributed by atoms with van der Waals surface area (Å²) in [5, 5.41) is 12.0. The van der Waals surface area contributed by atoms with E-state index in [1.54, 1.807) is 35.2 Å². The first-order valence-corrected chi connectivity index (χ1v) is 8.97. The monoisotopic (exact) mass is 366 g/mol. The van der Waals surface area contributed by atoms with Crippen LogP contribution in [0.15, 0.2) is 54.6 Å². The largest absolute Gasteiger partial charge is 0.481 e. The van der Waals surface area contributed by atoms with E-state index in [1.165, 1.54) is 0 Å². The molecule has 2 N–H and O–H groups in total. The van der Waals surface area contributed by atoms with Crippen LogP contribution in [0.3, 0.4) is 0 Å². The molecule has 0 aliphatic carbocycles. The van der Waals surface area contributed by atoms with Gasteiger partial charge in [-0.25, -0.2) is 0 Å². The van der Waals surface area contributed by atoms with Crippen molar-refractivity contribution in [1.29, 1.82) is 0 Å². The Kier molecular flexibility index (Phi) is 5.86. The molecule has 27 heavy (non-hydrogen) atoms. The van der Waals surface area contributed by atoms with Crippen molar-refractivity contribution in [3.05, 3.63) is 71.3 Å². The Morgan fingerprint density at radius 3 is 2.56 bits per heavy atom. The van der Waals surface area contributed by atoms with Gasteiger partial charge in [-0.2, -0.15) is 0 Å². The molecule has 140 valence electrons. The Balaban J connectivity index is 1.73. The van der Waals surface area contributed by atoms with Crippen molar-refractivity contribution in [3.8, 4) is 0 Å². The number of hydrogen-bond acceptors (Lipinski definition) is 3. The predicted octanol–water partition coefficient (Wildman–Crippen LogP) is 2.75. The summed E-state index contributed by atoms with van der Waals surface area (Å²) < 4.78 is 0. The number of nitrogens with one attached hydrogen (secondary N) is 1. The number of carbonyl (C=O) groups is 3. The molecule has 1 atom stereocenters. The summed E-state index contributed by atoms with van der Waals surface area (Å²) in [7, 11) is 0. The van der Waals surface area contributed by atoms with Gasteiger partial charge in [0, 0.05) is 25.1 Å². The maximum Gasteiger partial charge on any atom is 0.305 e. The smallest absolute Gasteiger partial charge is 0.305 e. The van der Waals surface area contributed by atoms with E-state index >= 15 is 0 Å². The van der Waals surface area contributed by atoms with Crippen LogP contribution in [-0.2, 0) is 16.1 Å². The van der Waals surface area contributed by atoms with Crippen LogP contribution >= 0.6 is 0 Å². The summed E-state index contributed by atoms with van der Waals surface area (Å²) >= 11 is 0. The summed E-state index contributed by atoms with van der Waals surface area (Å²) in [5.41, 5.74) is 2.07. The predicted molar refractivity (Wildman–Crippen MR) is 100.0 cm³/mol. The quantitative estimate of drug-likeness (QED) is 0.789. The Labute approximate surface area is 157 Å². The standard InChI is InChI=1S/C21H22N2O4/c24-19-10-5-11-23(19)14-15-6-4-9-17(12-15)21(27)22-18(13-20(25)26)16-7-2-1-3-8-16/h1-4,6-9,12,18H,5,10-11,13-14H2,(H,22,27)(H,25,26)/t18-/m1/s1. The molecule has 6 nitrogen and oxygen atoms in total. The second-order valence-electron chi connectivity index (χ2n) is 6.65. The number of nitrogens with zero attached hydrogens (tertiary/aromatic N) is 1. The van der Waals surface area contributed by atoms with Crippen molar-refractivity contribution in [2.75, 3.05) is 6.54 Å². The topological polar surface area (TPSA) is 86.7 Å². The molecule has 2 aromatic rings. The van der Waals surface area contributed by atoms with Crippen LogP contribution in [0.2, 0.25) is 0 Å². The molecule has 3 rings (SSSR count). The maximum atomic E-state index is 12.7. The number of carboxylic acids is 1. The molecule has 0 saturated carbocycles. The number of rotatable bonds is 7. The van der Waals surface area contributed by atoms with Crippen molar-refractivity contribution < 1.29 is 19.5 Å². The second kappa shape index (κ2) is 8.49. The molecule has 1 aliphatic heterocycles. The van der Waals surface area contributed by atoms with Gasteiger partial charge in [-0.1, -0.05) is 42.5 Å². The Hall–Kier alpha value is -3.15. The van der Waals surface area contributed by atoms with E-state index in [4.69, 9.17) is 5.11 Å². The minimum atomic E-state index is -0.981. The summed E-state index contributed by atoms with van der Waals surface area (Å²) in [4.78, 5) is 37.4. The summed E-state index contributed by atoms with van der Waals surface area (Å²) in [6.07, 6.45) is 1.25. The normalized spacial score (nSPS) is 14.8. The Morgan fingerprint density at radius 2 is 1.89 bits per heavy atom. The van der Waals surface area contributed by atoms with E-state index in [2.05, 4.69) is 5.32 Å². The van der Waals surface area contributed by atoms with Gasteiger partial charge < -0.3 is 15.3 Å². The van der Waals surface area contributed by atoms with Crippen LogP contribution in [0.5, 0.6) is 0 Å². The van der Waals surface area contributed by atoms with Crippen LogP contribution in [0.25, 0.3) is 0 Å². The van der Waals surface area contributed by atoms with Gasteiger partial charge in [-0.15, -0.1) is 0 Å².